The molecule has 1 aromatic heterocycles. The lowest BCUT2D eigenvalue weighted by atomic mass is 10.2. The van der Waals surface area contributed by atoms with Crippen molar-refractivity contribution in [2.24, 2.45) is 5.92 Å². The minimum Gasteiger partial charge on any atom is -0.375 e. The van der Waals surface area contributed by atoms with Crippen LogP contribution in [-0.4, -0.2) is 42.9 Å². The van der Waals surface area contributed by atoms with Gasteiger partial charge >= 0.3 is 0 Å². The molecule has 104 valence electrons. The fourth-order valence-corrected chi connectivity index (χ4v) is 4.53. The molecule has 0 aliphatic carbocycles. The van der Waals surface area contributed by atoms with Gasteiger partial charge in [-0.3, -0.25) is 4.90 Å². The van der Waals surface area contributed by atoms with Gasteiger partial charge in [-0.05, 0) is 5.92 Å². The maximum atomic E-state index is 11.6. The van der Waals surface area contributed by atoms with Crippen molar-refractivity contribution in [3.8, 4) is 0 Å². The molecule has 8 heteroatoms. The molecule has 1 unspecified atom stereocenters. The molecule has 0 amide bonds. The van der Waals surface area contributed by atoms with E-state index in [9.17, 15) is 8.42 Å². The molecule has 0 spiro atoms. The quantitative estimate of drug-likeness (QED) is 0.882. The van der Waals surface area contributed by atoms with E-state index < -0.39 is 9.84 Å². The van der Waals surface area contributed by atoms with Crippen LogP contribution in [0.25, 0.3) is 0 Å². The van der Waals surface area contributed by atoms with Gasteiger partial charge in [-0.1, -0.05) is 6.92 Å². The van der Waals surface area contributed by atoms with Crippen LogP contribution >= 0.6 is 23.7 Å². The van der Waals surface area contributed by atoms with Crippen LogP contribution in [0.2, 0.25) is 0 Å². The second kappa shape index (κ2) is 6.18. The van der Waals surface area contributed by atoms with Crippen LogP contribution < -0.4 is 5.73 Å². The molecule has 2 rings (SSSR count). The van der Waals surface area contributed by atoms with Gasteiger partial charge in [0.1, 0.15) is 0 Å². The summed E-state index contributed by atoms with van der Waals surface area (Å²) >= 11 is 1.46. The Labute approximate surface area is 118 Å². The minimum absolute atomic E-state index is 0. The SMILES string of the molecule is CC1CN(Cc2cnc(N)s2)CCS(=O)(=O)C1.Cl. The first kappa shape index (κ1) is 15.7. The van der Waals surface area contributed by atoms with Gasteiger partial charge in [0.25, 0.3) is 0 Å². The van der Waals surface area contributed by atoms with Gasteiger partial charge in [0.2, 0.25) is 0 Å². The van der Waals surface area contributed by atoms with Crippen LogP contribution in [0.1, 0.15) is 11.8 Å². The van der Waals surface area contributed by atoms with Crippen LogP contribution in [0.5, 0.6) is 0 Å². The molecule has 1 fully saturated rings. The number of rotatable bonds is 2. The van der Waals surface area contributed by atoms with Crippen LogP contribution in [-0.2, 0) is 16.4 Å². The Bertz CT molecular complexity index is 489. The Hall–Kier alpha value is -0.370. The lowest BCUT2D eigenvalue weighted by Gasteiger charge is -2.20. The van der Waals surface area contributed by atoms with E-state index in [0.29, 0.717) is 17.4 Å². The van der Waals surface area contributed by atoms with E-state index in [2.05, 4.69) is 9.88 Å². The normalized spacial score (nSPS) is 24.2. The number of aromatic nitrogens is 1. The van der Waals surface area contributed by atoms with Crippen molar-refractivity contribution in [2.45, 2.75) is 13.5 Å². The summed E-state index contributed by atoms with van der Waals surface area (Å²) in [6.07, 6.45) is 1.77. The molecule has 1 aromatic rings. The number of hydrogen-bond acceptors (Lipinski definition) is 6. The number of nitrogens with two attached hydrogens (primary N) is 1. The first-order chi connectivity index (χ1) is 7.94. The summed E-state index contributed by atoms with van der Waals surface area (Å²) < 4.78 is 23.3. The fraction of sp³-hybridized carbons (Fsp3) is 0.700. The highest BCUT2D eigenvalue weighted by atomic mass is 35.5. The Morgan fingerprint density at radius 2 is 2.33 bits per heavy atom. The molecule has 1 saturated heterocycles. The predicted octanol–water partition coefficient (Wildman–Crippen LogP) is 1.01. The molecule has 5 nitrogen and oxygen atoms in total. The van der Waals surface area contributed by atoms with Crippen LogP contribution in [0.4, 0.5) is 5.13 Å². The van der Waals surface area contributed by atoms with Gasteiger partial charge < -0.3 is 5.73 Å². The Morgan fingerprint density at radius 3 is 2.94 bits per heavy atom. The van der Waals surface area contributed by atoms with Gasteiger partial charge in [-0.15, -0.1) is 23.7 Å². The van der Waals surface area contributed by atoms with Crippen molar-refractivity contribution in [2.75, 3.05) is 30.3 Å². The molecule has 0 aromatic carbocycles. The molecule has 0 radical (unpaired) electrons. The number of halogens is 1. The first-order valence-corrected chi connectivity index (χ1v) is 8.21. The van der Waals surface area contributed by atoms with Gasteiger partial charge in [-0.2, -0.15) is 0 Å². The molecular formula is C10H18ClN3O2S2. The van der Waals surface area contributed by atoms with Crippen molar-refractivity contribution < 1.29 is 8.42 Å². The van der Waals surface area contributed by atoms with Crippen LogP contribution in [0.3, 0.4) is 0 Å². The maximum Gasteiger partial charge on any atom is 0.180 e. The standard InChI is InChI=1S/C10H17N3O2S2.ClH/c1-8-5-13(2-3-17(14,15)7-8)6-9-4-12-10(11)16-9;/h4,8H,2-3,5-7H2,1H3,(H2,11,12);1H. The fourth-order valence-electron chi connectivity index (χ4n) is 2.13. The molecular weight excluding hydrogens is 294 g/mol. The largest absolute Gasteiger partial charge is 0.375 e. The van der Waals surface area contributed by atoms with Crippen molar-refractivity contribution in [3.63, 3.8) is 0 Å². The number of hydrogen-bond donors (Lipinski definition) is 1. The zero-order valence-electron chi connectivity index (χ0n) is 10.2. The van der Waals surface area contributed by atoms with E-state index in [1.165, 1.54) is 11.3 Å². The summed E-state index contributed by atoms with van der Waals surface area (Å²) in [6, 6.07) is 0. The predicted molar refractivity (Wildman–Crippen MR) is 76.9 cm³/mol. The van der Waals surface area contributed by atoms with Crippen molar-refractivity contribution in [1.82, 2.24) is 9.88 Å². The third kappa shape index (κ3) is 4.38. The molecule has 1 atom stereocenters. The molecule has 0 bridgehead atoms. The Balaban J connectivity index is 0.00000162. The van der Waals surface area contributed by atoms with Crippen molar-refractivity contribution in [1.29, 1.82) is 0 Å². The molecule has 1 aliphatic heterocycles. The molecule has 18 heavy (non-hydrogen) atoms. The zero-order valence-corrected chi connectivity index (χ0v) is 12.7. The van der Waals surface area contributed by atoms with E-state index in [1.54, 1.807) is 6.20 Å². The zero-order chi connectivity index (χ0) is 12.5. The van der Waals surface area contributed by atoms with Crippen LogP contribution in [0.15, 0.2) is 6.20 Å². The Kier molecular flexibility index (Phi) is 5.39. The number of anilines is 1. The lowest BCUT2D eigenvalue weighted by Crippen LogP contribution is -2.28. The van der Waals surface area contributed by atoms with Crippen molar-refractivity contribution >= 4 is 38.7 Å². The highest BCUT2D eigenvalue weighted by Gasteiger charge is 2.24. The average Bonchev–Trinajstić information content (AvgIpc) is 2.53. The number of thiazole rings is 1. The van der Waals surface area contributed by atoms with Gasteiger partial charge in [0, 0.05) is 30.7 Å². The monoisotopic (exact) mass is 311 g/mol. The van der Waals surface area contributed by atoms with E-state index in [-0.39, 0.29) is 24.1 Å². The maximum absolute atomic E-state index is 11.6. The number of nitrogens with zero attached hydrogens (tertiary/aromatic N) is 2. The summed E-state index contributed by atoms with van der Waals surface area (Å²) in [5, 5.41) is 0.565. The smallest absolute Gasteiger partial charge is 0.180 e. The topological polar surface area (TPSA) is 76.3 Å². The molecule has 1 aliphatic rings. The molecule has 2 N–H and O–H groups in total. The van der Waals surface area contributed by atoms with Gasteiger partial charge in [0.05, 0.1) is 11.5 Å². The highest BCUT2D eigenvalue weighted by Crippen LogP contribution is 2.19. The minimum atomic E-state index is -2.87. The Morgan fingerprint density at radius 1 is 1.61 bits per heavy atom. The highest BCUT2D eigenvalue weighted by molar-refractivity contribution is 7.91. The number of sulfone groups is 1. The van der Waals surface area contributed by atoms with E-state index in [4.69, 9.17) is 5.73 Å². The van der Waals surface area contributed by atoms with E-state index in [1.807, 2.05) is 6.92 Å². The summed E-state index contributed by atoms with van der Waals surface area (Å²) in [6.45, 7) is 4.15. The summed E-state index contributed by atoms with van der Waals surface area (Å²) in [4.78, 5) is 7.27. The molecule has 2 heterocycles. The van der Waals surface area contributed by atoms with Crippen LogP contribution in [0, 0.1) is 5.92 Å². The summed E-state index contributed by atoms with van der Waals surface area (Å²) in [5.74, 6) is 0.743. The number of nitrogen functional groups attached to an aromatic ring is 1. The van der Waals surface area contributed by atoms with Crippen molar-refractivity contribution in [3.05, 3.63) is 11.1 Å². The second-order valence-electron chi connectivity index (χ2n) is 4.62. The van der Waals surface area contributed by atoms with Gasteiger partial charge in [-0.25, -0.2) is 13.4 Å². The van der Waals surface area contributed by atoms with E-state index in [0.717, 1.165) is 18.0 Å². The lowest BCUT2D eigenvalue weighted by molar-refractivity contribution is 0.259. The molecule has 0 saturated carbocycles. The summed E-state index contributed by atoms with van der Waals surface area (Å²) in [5.41, 5.74) is 5.58. The van der Waals surface area contributed by atoms with E-state index >= 15 is 0 Å². The summed E-state index contributed by atoms with van der Waals surface area (Å²) in [7, 11) is -2.87. The first-order valence-electron chi connectivity index (χ1n) is 5.57. The third-order valence-electron chi connectivity index (χ3n) is 2.78. The average molecular weight is 312 g/mol. The third-order valence-corrected chi connectivity index (χ3v) is 5.47. The second-order valence-corrected chi connectivity index (χ2v) is 7.99. The van der Waals surface area contributed by atoms with Gasteiger partial charge in [0.15, 0.2) is 15.0 Å².